The van der Waals surface area contributed by atoms with Crippen molar-refractivity contribution < 1.29 is 9.21 Å². The van der Waals surface area contributed by atoms with E-state index in [9.17, 15) is 4.79 Å². The molecule has 0 unspecified atom stereocenters. The van der Waals surface area contributed by atoms with Gasteiger partial charge >= 0.3 is 0 Å². The molecular formula is C13H14N2O2S. The van der Waals surface area contributed by atoms with E-state index in [0.29, 0.717) is 24.0 Å². The van der Waals surface area contributed by atoms with Gasteiger partial charge in [-0.1, -0.05) is 6.07 Å². The number of carbonyl (C=O) groups excluding carboxylic acids is 1. The maximum Gasteiger partial charge on any atom is 0.236 e. The molecule has 0 atom stereocenters. The van der Waals surface area contributed by atoms with Gasteiger partial charge in [0.2, 0.25) is 11.8 Å². The number of oxazole rings is 1. The van der Waals surface area contributed by atoms with Crippen molar-refractivity contribution in [2.75, 3.05) is 7.05 Å². The van der Waals surface area contributed by atoms with Crippen molar-refractivity contribution in [3.63, 3.8) is 0 Å². The van der Waals surface area contributed by atoms with Crippen molar-refractivity contribution in [2.24, 2.45) is 0 Å². The monoisotopic (exact) mass is 262 g/mol. The molecule has 0 radical (unpaired) electrons. The summed E-state index contributed by atoms with van der Waals surface area (Å²) >= 11 is 1.58. The van der Waals surface area contributed by atoms with Crippen molar-refractivity contribution in [1.82, 2.24) is 9.88 Å². The van der Waals surface area contributed by atoms with Gasteiger partial charge in [0.1, 0.15) is 6.26 Å². The molecule has 3 rings (SSSR count). The quantitative estimate of drug-likeness (QED) is 0.850. The van der Waals surface area contributed by atoms with Crippen LogP contribution in [-0.2, 0) is 11.2 Å². The Morgan fingerprint density at radius 1 is 1.61 bits per heavy atom. The average Bonchev–Trinajstić information content (AvgIpc) is 2.89. The molecule has 4 nitrogen and oxygen atoms in total. The highest BCUT2D eigenvalue weighted by Crippen LogP contribution is 2.27. The Bertz CT molecular complexity index is 543. The molecule has 1 aliphatic rings. The summed E-state index contributed by atoms with van der Waals surface area (Å²) in [6.45, 7) is 0. The van der Waals surface area contributed by atoms with Crippen LogP contribution in [0.2, 0.25) is 0 Å². The van der Waals surface area contributed by atoms with Crippen molar-refractivity contribution in [1.29, 1.82) is 0 Å². The van der Waals surface area contributed by atoms with Crippen LogP contribution >= 0.6 is 11.3 Å². The minimum atomic E-state index is 0.114. The molecule has 1 aliphatic carbocycles. The van der Waals surface area contributed by atoms with Crippen molar-refractivity contribution in [2.45, 2.75) is 25.3 Å². The molecule has 2 aromatic heterocycles. The fourth-order valence-corrected chi connectivity index (χ4v) is 2.50. The van der Waals surface area contributed by atoms with Gasteiger partial charge in [0, 0.05) is 13.1 Å². The lowest BCUT2D eigenvalue weighted by atomic mass is 10.3. The summed E-state index contributed by atoms with van der Waals surface area (Å²) in [6.07, 6.45) is 4.15. The third kappa shape index (κ3) is 2.31. The van der Waals surface area contributed by atoms with Crippen LogP contribution in [0.4, 0.5) is 0 Å². The molecule has 94 valence electrons. The first-order valence-corrected chi connectivity index (χ1v) is 6.86. The molecule has 1 amide bonds. The number of likely N-dealkylation sites (N-methyl/N-ethyl adjacent to an activating group) is 1. The second kappa shape index (κ2) is 4.57. The Balaban J connectivity index is 1.68. The molecule has 5 heteroatoms. The highest BCUT2D eigenvalue weighted by molar-refractivity contribution is 7.13. The Morgan fingerprint density at radius 2 is 2.44 bits per heavy atom. The van der Waals surface area contributed by atoms with Crippen molar-refractivity contribution in [3.8, 4) is 10.8 Å². The zero-order chi connectivity index (χ0) is 12.5. The van der Waals surface area contributed by atoms with E-state index >= 15 is 0 Å². The van der Waals surface area contributed by atoms with Gasteiger partial charge in [0.15, 0.2) is 0 Å². The summed E-state index contributed by atoms with van der Waals surface area (Å²) in [5.74, 6) is 0.713. The van der Waals surface area contributed by atoms with E-state index in [1.54, 1.807) is 17.6 Å². The lowest BCUT2D eigenvalue weighted by Crippen LogP contribution is -2.30. The Hall–Kier alpha value is -1.62. The van der Waals surface area contributed by atoms with Gasteiger partial charge in [-0.3, -0.25) is 4.79 Å². The smallest absolute Gasteiger partial charge is 0.236 e. The maximum absolute atomic E-state index is 11.9. The van der Waals surface area contributed by atoms with Crippen LogP contribution in [0.3, 0.4) is 0 Å². The highest BCUT2D eigenvalue weighted by atomic mass is 32.1. The third-order valence-electron chi connectivity index (χ3n) is 3.10. The van der Waals surface area contributed by atoms with Gasteiger partial charge in [-0.15, -0.1) is 11.3 Å². The first kappa shape index (κ1) is 11.5. The van der Waals surface area contributed by atoms with Gasteiger partial charge in [-0.2, -0.15) is 0 Å². The minimum absolute atomic E-state index is 0.114. The van der Waals surface area contributed by atoms with Gasteiger partial charge < -0.3 is 9.32 Å². The molecule has 0 saturated heterocycles. The first-order chi connectivity index (χ1) is 8.74. The Kier molecular flexibility index (Phi) is 2.91. The predicted octanol–water partition coefficient (Wildman–Crippen LogP) is 2.57. The Morgan fingerprint density at radius 3 is 3.11 bits per heavy atom. The van der Waals surface area contributed by atoms with E-state index in [4.69, 9.17) is 4.42 Å². The molecule has 18 heavy (non-hydrogen) atoms. The summed E-state index contributed by atoms with van der Waals surface area (Å²) in [5, 5.41) is 1.98. The molecular weight excluding hydrogens is 248 g/mol. The number of amides is 1. The number of aromatic nitrogens is 1. The fourth-order valence-electron chi connectivity index (χ4n) is 1.85. The molecule has 0 bridgehead atoms. The number of rotatable bonds is 4. The van der Waals surface area contributed by atoms with Gasteiger partial charge in [0.25, 0.3) is 0 Å². The first-order valence-electron chi connectivity index (χ1n) is 5.98. The van der Waals surface area contributed by atoms with Crippen LogP contribution in [0.25, 0.3) is 10.8 Å². The molecule has 1 fully saturated rings. The summed E-state index contributed by atoms with van der Waals surface area (Å²) in [4.78, 5) is 19.1. The number of nitrogens with zero attached hydrogens (tertiary/aromatic N) is 2. The standard InChI is InChI=1S/C13H14N2O2S/c1-15(10-4-5-10)12(16)7-9-8-17-13(14-9)11-3-2-6-18-11/h2-3,6,8,10H,4-5,7H2,1H3. The summed E-state index contributed by atoms with van der Waals surface area (Å²) in [6, 6.07) is 4.36. The minimum Gasteiger partial charge on any atom is -0.444 e. The zero-order valence-electron chi connectivity index (χ0n) is 10.1. The second-order valence-electron chi connectivity index (χ2n) is 4.53. The summed E-state index contributed by atoms with van der Waals surface area (Å²) < 4.78 is 5.39. The van der Waals surface area contributed by atoms with Crippen molar-refractivity contribution in [3.05, 3.63) is 29.5 Å². The molecule has 0 spiro atoms. The second-order valence-corrected chi connectivity index (χ2v) is 5.48. The molecule has 2 aromatic rings. The van der Waals surface area contributed by atoms with E-state index in [1.165, 1.54) is 0 Å². The van der Waals surface area contributed by atoms with Gasteiger partial charge in [-0.05, 0) is 24.3 Å². The molecule has 2 heterocycles. The van der Waals surface area contributed by atoms with Crippen LogP contribution in [0.15, 0.2) is 28.2 Å². The topological polar surface area (TPSA) is 46.3 Å². The molecule has 0 N–H and O–H groups in total. The van der Waals surface area contributed by atoms with Gasteiger partial charge in [0.05, 0.1) is 17.0 Å². The highest BCUT2D eigenvalue weighted by Gasteiger charge is 2.29. The lowest BCUT2D eigenvalue weighted by molar-refractivity contribution is -0.129. The van der Waals surface area contributed by atoms with E-state index in [1.807, 2.05) is 29.5 Å². The summed E-state index contributed by atoms with van der Waals surface area (Å²) in [7, 11) is 1.86. The number of thiophene rings is 1. The van der Waals surface area contributed by atoms with E-state index in [0.717, 1.165) is 17.7 Å². The van der Waals surface area contributed by atoms with Crippen LogP contribution in [0, 0.1) is 0 Å². The Labute approximate surface area is 109 Å². The molecule has 0 aliphatic heterocycles. The SMILES string of the molecule is CN(C(=O)Cc1coc(-c2cccs2)n1)C1CC1. The normalized spacial score (nSPS) is 14.7. The fraction of sp³-hybridized carbons (Fsp3) is 0.385. The van der Waals surface area contributed by atoms with Crippen LogP contribution in [0.1, 0.15) is 18.5 Å². The number of hydrogen-bond donors (Lipinski definition) is 0. The average molecular weight is 262 g/mol. The van der Waals surface area contributed by atoms with Gasteiger partial charge in [-0.25, -0.2) is 4.98 Å². The maximum atomic E-state index is 11.9. The van der Waals surface area contributed by atoms with Crippen LogP contribution in [-0.4, -0.2) is 28.9 Å². The van der Waals surface area contributed by atoms with E-state index in [-0.39, 0.29) is 5.91 Å². The lowest BCUT2D eigenvalue weighted by Gasteiger charge is -2.14. The van der Waals surface area contributed by atoms with Crippen molar-refractivity contribution >= 4 is 17.2 Å². The third-order valence-corrected chi connectivity index (χ3v) is 3.96. The summed E-state index contributed by atoms with van der Waals surface area (Å²) in [5.41, 5.74) is 0.705. The molecule has 1 saturated carbocycles. The predicted molar refractivity (Wildman–Crippen MR) is 69.3 cm³/mol. The zero-order valence-corrected chi connectivity index (χ0v) is 10.9. The number of carbonyl (C=O) groups is 1. The van der Waals surface area contributed by atoms with Crippen LogP contribution in [0.5, 0.6) is 0 Å². The number of hydrogen-bond acceptors (Lipinski definition) is 4. The van der Waals surface area contributed by atoms with E-state index in [2.05, 4.69) is 4.98 Å². The largest absolute Gasteiger partial charge is 0.444 e. The molecule has 0 aromatic carbocycles. The van der Waals surface area contributed by atoms with Crippen LogP contribution < -0.4 is 0 Å². The van der Waals surface area contributed by atoms with E-state index < -0.39 is 0 Å².